The van der Waals surface area contributed by atoms with Crippen LogP contribution in [0.5, 0.6) is 5.75 Å². The number of methoxy groups -OCH3 is 1. The molecule has 0 saturated carbocycles. The first-order valence-electron chi connectivity index (χ1n) is 5.95. The lowest BCUT2D eigenvalue weighted by Crippen LogP contribution is -2.30. The molecule has 21 heavy (non-hydrogen) atoms. The molecule has 0 saturated heterocycles. The molecule has 1 heterocycles. The molecule has 2 rings (SSSR count). The summed E-state index contributed by atoms with van der Waals surface area (Å²) in [5.41, 5.74) is -0.284. The van der Waals surface area contributed by atoms with E-state index in [0.717, 1.165) is 10.7 Å². The molecule has 0 fully saturated rings. The van der Waals surface area contributed by atoms with Crippen LogP contribution in [0.1, 0.15) is 11.3 Å². The third-order valence-corrected chi connectivity index (χ3v) is 2.87. The van der Waals surface area contributed by atoms with Crippen molar-refractivity contribution >= 4 is 12.6 Å². The van der Waals surface area contributed by atoms with E-state index in [1.54, 1.807) is 0 Å². The molecule has 0 aliphatic rings. The third kappa shape index (κ3) is 3.56. The summed E-state index contributed by atoms with van der Waals surface area (Å²) in [5.74, 6) is 0.420. The Morgan fingerprint density at radius 1 is 1.29 bits per heavy atom. The fourth-order valence-corrected chi connectivity index (χ4v) is 1.86. The second-order valence-electron chi connectivity index (χ2n) is 4.34. The predicted molar refractivity (Wildman–Crippen MR) is 69.2 cm³/mol. The van der Waals surface area contributed by atoms with Crippen molar-refractivity contribution in [1.82, 2.24) is 9.78 Å². The molecule has 5 nitrogen and oxygen atoms in total. The van der Waals surface area contributed by atoms with Crippen molar-refractivity contribution in [3.8, 4) is 5.75 Å². The maximum absolute atomic E-state index is 12.5. The first kappa shape index (κ1) is 15.4. The fraction of sp³-hybridized carbons (Fsp3) is 0.250. The quantitative estimate of drug-likeness (QED) is 0.813. The maximum atomic E-state index is 12.5. The molecule has 0 aliphatic heterocycles. The molecule has 0 spiro atoms. The summed E-state index contributed by atoms with van der Waals surface area (Å²) in [6.45, 7) is 0.0137. The predicted octanol–water partition coefficient (Wildman–Crippen LogP) is 0.639. The van der Waals surface area contributed by atoms with Gasteiger partial charge in [-0.1, -0.05) is 12.1 Å². The van der Waals surface area contributed by atoms with E-state index in [1.807, 2.05) is 0 Å². The van der Waals surface area contributed by atoms with Gasteiger partial charge in [0.05, 0.1) is 13.7 Å². The van der Waals surface area contributed by atoms with Gasteiger partial charge in [-0.3, -0.25) is 4.68 Å². The van der Waals surface area contributed by atoms with Gasteiger partial charge in [0.25, 0.3) is 0 Å². The topological polar surface area (TPSA) is 67.5 Å². The largest absolute Gasteiger partial charge is 0.496 e. The number of nitrogens with zero attached hydrogens (tertiary/aromatic N) is 2. The Balaban J connectivity index is 2.29. The van der Waals surface area contributed by atoms with Gasteiger partial charge in [0.15, 0.2) is 5.69 Å². The standard InChI is InChI=1S/C12H12BF3N2O3/c1-21-10-3-2-9(13(19)20)6-8(10)7-18-5-4-11(17-18)12(14,15)16/h2-6,19-20H,7H2,1H3. The number of hydrogen-bond acceptors (Lipinski definition) is 4. The van der Waals surface area contributed by atoms with E-state index in [2.05, 4.69) is 5.10 Å². The summed E-state index contributed by atoms with van der Waals surface area (Å²) in [5, 5.41) is 21.7. The normalized spacial score (nSPS) is 11.5. The zero-order valence-corrected chi connectivity index (χ0v) is 11.0. The summed E-state index contributed by atoms with van der Waals surface area (Å²) in [6, 6.07) is 5.28. The molecule has 0 aliphatic carbocycles. The van der Waals surface area contributed by atoms with Crippen LogP contribution >= 0.6 is 0 Å². The number of hydrogen-bond donors (Lipinski definition) is 2. The molecule has 1 aromatic heterocycles. The number of benzene rings is 1. The van der Waals surface area contributed by atoms with E-state index in [9.17, 15) is 13.2 Å². The van der Waals surface area contributed by atoms with E-state index in [-0.39, 0.29) is 12.0 Å². The van der Waals surface area contributed by atoms with Gasteiger partial charge in [-0.15, -0.1) is 0 Å². The van der Waals surface area contributed by atoms with Crippen molar-refractivity contribution in [2.24, 2.45) is 0 Å². The van der Waals surface area contributed by atoms with Gasteiger partial charge in [0.2, 0.25) is 0 Å². The van der Waals surface area contributed by atoms with E-state index in [0.29, 0.717) is 11.3 Å². The van der Waals surface area contributed by atoms with Gasteiger partial charge >= 0.3 is 13.3 Å². The summed E-state index contributed by atoms with van der Waals surface area (Å²) in [4.78, 5) is 0. The zero-order chi connectivity index (χ0) is 15.6. The van der Waals surface area contributed by atoms with Crippen LogP contribution < -0.4 is 10.2 Å². The second-order valence-corrected chi connectivity index (χ2v) is 4.34. The Morgan fingerprint density at radius 3 is 2.52 bits per heavy atom. The van der Waals surface area contributed by atoms with E-state index in [4.69, 9.17) is 14.8 Å². The summed E-state index contributed by atoms with van der Waals surface area (Å²) >= 11 is 0. The Hall–Kier alpha value is -2.00. The van der Waals surface area contributed by atoms with E-state index < -0.39 is 19.0 Å². The number of rotatable bonds is 4. The molecule has 1 aromatic carbocycles. The molecule has 9 heteroatoms. The van der Waals surface area contributed by atoms with Crippen LogP contribution in [0, 0.1) is 0 Å². The van der Waals surface area contributed by atoms with Crippen molar-refractivity contribution in [3.05, 3.63) is 41.7 Å². The number of ether oxygens (including phenoxy) is 1. The molecule has 112 valence electrons. The molecule has 0 amide bonds. The molecule has 0 unspecified atom stereocenters. The highest BCUT2D eigenvalue weighted by atomic mass is 19.4. The number of aromatic nitrogens is 2. The Morgan fingerprint density at radius 2 is 2.00 bits per heavy atom. The minimum Gasteiger partial charge on any atom is -0.496 e. The van der Waals surface area contributed by atoms with Crippen LogP contribution in [0.2, 0.25) is 0 Å². The summed E-state index contributed by atoms with van der Waals surface area (Å²) in [6.07, 6.45) is -3.30. The van der Waals surface area contributed by atoms with Crippen molar-refractivity contribution in [1.29, 1.82) is 0 Å². The average Bonchev–Trinajstić information content (AvgIpc) is 2.87. The SMILES string of the molecule is COc1ccc(B(O)O)cc1Cn1ccc(C(F)(F)F)n1. The van der Waals surface area contributed by atoms with Gasteiger partial charge in [-0.25, -0.2) is 0 Å². The average molecular weight is 300 g/mol. The molecular formula is C12H12BF3N2O3. The third-order valence-electron chi connectivity index (χ3n) is 2.87. The molecule has 2 N–H and O–H groups in total. The highest BCUT2D eigenvalue weighted by molar-refractivity contribution is 6.58. The first-order valence-corrected chi connectivity index (χ1v) is 5.95. The van der Waals surface area contributed by atoms with Crippen LogP contribution in [0.4, 0.5) is 13.2 Å². The zero-order valence-electron chi connectivity index (χ0n) is 11.0. The Bertz CT molecular complexity index is 628. The summed E-state index contributed by atoms with van der Waals surface area (Å²) < 4.78 is 43.7. The van der Waals surface area contributed by atoms with Gasteiger partial charge in [-0.2, -0.15) is 18.3 Å². The Labute approximate surface area is 118 Å². The smallest absolute Gasteiger partial charge is 0.488 e. The molecule has 0 bridgehead atoms. The number of halogens is 3. The van der Waals surface area contributed by atoms with Crippen molar-refractivity contribution in [3.63, 3.8) is 0 Å². The van der Waals surface area contributed by atoms with Gasteiger partial charge < -0.3 is 14.8 Å². The van der Waals surface area contributed by atoms with Crippen LogP contribution in [0.15, 0.2) is 30.5 Å². The first-order chi connectivity index (χ1) is 9.81. The fourth-order valence-electron chi connectivity index (χ4n) is 1.86. The van der Waals surface area contributed by atoms with Crippen LogP contribution in [-0.4, -0.2) is 34.1 Å². The highest BCUT2D eigenvalue weighted by Crippen LogP contribution is 2.27. The number of alkyl halides is 3. The molecule has 2 aromatic rings. The van der Waals surface area contributed by atoms with Gasteiger partial charge in [0, 0.05) is 11.8 Å². The van der Waals surface area contributed by atoms with E-state index >= 15 is 0 Å². The van der Waals surface area contributed by atoms with Gasteiger partial charge in [-0.05, 0) is 17.6 Å². The van der Waals surface area contributed by atoms with Gasteiger partial charge in [0.1, 0.15) is 5.75 Å². The Kier molecular flexibility index (Phi) is 4.24. The molecule has 0 radical (unpaired) electrons. The molecular weight excluding hydrogens is 288 g/mol. The maximum Gasteiger partial charge on any atom is 0.488 e. The minimum atomic E-state index is -4.50. The van der Waals surface area contributed by atoms with E-state index in [1.165, 1.54) is 31.5 Å². The van der Waals surface area contributed by atoms with Crippen LogP contribution in [-0.2, 0) is 12.7 Å². The molecule has 0 atom stereocenters. The van der Waals surface area contributed by atoms with Crippen LogP contribution in [0.25, 0.3) is 0 Å². The lowest BCUT2D eigenvalue weighted by molar-refractivity contribution is -0.141. The van der Waals surface area contributed by atoms with Crippen molar-refractivity contribution in [2.75, 3.05) is 7.11 Å². The minimum absolute atomic E-state index is 0.0137. The monoisotopic (exact) mass is 300 g/mol. The lowest BCUT2D eigenvalue weighted by Gasteiger charge is -2.11. The van der Waals surface area contributed by atoms with Crippen LogP contribution in [0.3, 0.4) is 0 Å². The lowest BCUT2D eigenvalue weighted by atomic mass is 9.79. The van der Waals surface area contributed by atoms with Crippen molar-refractivity contribution in [2.45, 2.75) is 12.7 Å². The highest BCUT2D eigenvalue weighted by Gasteiger charge is 2.33. The van der Waals surface area contributed by atoms with Crippen molar-refractivity contribution < 1.29 is 28.0 Å². The second kappa shape index (κ2) is 5.78. The summed E-state index contributed by atoms with van der Waals surface area (Å²) in [7, 11) is -0.254.